The zero-order valence-electron chi connectivity index (χ0n) is 19.2. The summed E-state index contributed by atoms with van der Waals surface area (Å²) >= 11 is 5.92. The number of aryl methyl sites for hydroxylation is 1. The second kappa shape index (κ2) is 11.2. The minimum absolute atomic E-state index is 0.100. The first kappa shape index (κ1) is 25.5. The Bertz CT molecular complexity index is 803. The van der Waals surface area contributed by atoms with Crippen molar-refractivity contribution in [3.63, 3.8) is 0 Å². The van der Waals surface area contributed by atoms with E-state index in [1.165, 1.54) is 0 Å². The van der Waals surface area contributed by atoms with Crippen LogP contribution in [-0.2, 0) is 25.6 Å². The summed E-state index contributed by atoms with van der Waals surface area (Å²) in [4.78, 5) is 53.5. The Morgan fingerprint density at radius 2 is 1.58 bits per heavy atom. The first-order valence-corrected chi connectivity index (χ1v) is 11.9. The van der Waals surface area contributed by atoms with E-state index in [2.05, 4.69) is 0 Å². The molecule has 0 amide bonds. The predicted molar refractivity (Wildman–Crippen MR) is 123 cm³/mol. The number of benzene rings is 1. The number of rotatable bonds is 11. The summed E-state index contributed by atoms with van der Waals surface area (Å²) in [6.45, 7) is 7.97. The van der Waals surface area contributed by atoms with Crippen LogP contribution in [0.15, 0.2) is 24.3 Å². The molecular formula is C26H35ClO4. The molecule has 0 spiro atoms. The summed E-state index contributed by atoms with van der Waals surface area (Å²) in [6.07, 6.45) is 3.81. The number of Topliss-reactive ketones (excluding diaryl/α,β-unsaturated/α-hetero) is 4. The van der Waals surface area contributed by atoms with Crippen molar-refractivity contribution in [2.75, 3.05) is 0 Å². The summed E-state index contributed by atoms with van der Waals surface area (Å²) in [5.74, 6) is -3.34. The Kier molecular flexibility index (Phi) is 9.17. The van der Waals surface area contributed by atoms with Crippen molar-refractivity contribution in [1.29, 1.82) is 0 Å². The molecule has 1 aromatic carbocycles. The van der Waals surface area contributed by atoms with Gasteiger partial charge in [-0.15, -0.1) is 0 Å². The van der Waals surface area contributed by atoms with Crippen LogP contribution in [0.4, 0.5) is 0 Å². The Balaban J connectivity index is 2.34. The van der Waals surface area contributed by atoms with Crippen LogP contribution in [-0.4, -0.2) is 23.1 Å². The van der Waals surface area contributed by atoms with Crippen molar-refractivity contribution in [2.24, 2.45) is 23.2 Å². The third-order valence-corrected chi connectivity index (χ3v) is 6.68. The van der Waals surface area contributed by atoms with Crippen molar-refractivity contribution in [3.8, 4) is 0 Å². The number of halogens is 1. The van der Waals surface area contributed by atoms with Gasteiger partial charge in [0.25, 0.3) is 0 Å². The molecular weight excluding hydrogens is 412 g/mol. The minimum Gasteiger partial charge on any atom is -0.298 e. The number of carbonyl (C=O) groups is 4. The average molecular weight is 447 g/mol. The molecule has 1 aliphatic rings. The van der Waals surface area contributed by atoms with Gasteiger partial charge in [-0.3, -0.25) is 19.2 Å². The highest BCUT2D eigenvalue weighted by molar-refractivity contribution is 6.34. The molecule has 1 saturated carbocycles. The highest BCUT2D eigenvalue weighted by atomic mass is 35.5. The van der Waals surface area contributed by atoms with Gasteiger partial charge in [0.2, 0.25) is 0 Å². The summed E-state index contributed by atoms with van der Waals surface area (Å²) in [5, 5.41) is 0.614. The van der Waals surface area contributed by atoms with Crippen LogP contribution in [0.5, 0.6) is 0 Å². The van der Waals surface area contributed by atoms with Gasteiger partial charge in [0.1, 0.15) is 5.92 Å². The Morgan fingerprint density at radius 1 is 1.00 bits per heavy atom. The smallest absolute Gasteiger partial charge is 0.164 e. The van der Waals surface area contributed by atoms with Crippen molar-refractivity contribution in [1.82, 2.24) is 0 Å². The maximum absolute atomic E-state index is 13.5. The van der Waals surface area contributed by atoms with Crippen LogP contribution in [0.25, 0.3) is 0 Å². The minimum atomic E-state index is -1.31. The molecule has 2 rings (SSSR count). The highest BCUT2D eigenvalue weighted by Crippen LogP contribution is 2.44. The van der Waals surface area contributed by atoms with E-state index < -0.39 is 28.8 Å². The number of carbonyl (C=O) groups excluding carboxylic acids is 4. The van der Waals surface area contributed by atoms with Gasteiger partial charge < -0.3 is 0 Å². The molecule has 5 heteroatoms. The normalized spacial score (nSPS) is 21.0. The topological polar surface area (TPSA) is 68.3 Å². The second-order valence-electron chi connectivity index (χ2n) is 9.26. The largest absolute Gasteiger partial charge is 0.298 e. The zero-order valence-corrected chi connectivity index (χ0v) is 20.0. The fourth-order valence-electron chi connectivity index (χ4n) is 4.80. The molecule has 1 fully saturated rings. The Hall–Kier alpha value is -1.81. The predicted octanol–water partition coefficient (Wildman–Crippen LogP) is 5.82. The fourth-order valence-corrected chi connectivity index (χ4v) is 4.93. The van der Waals surface area contributed by atoms with Crippen LogP contribution < -0.4 is 0 Å². The van der Waals surface area contributed by atoms with Crippen LogP contribution in [0.2, 0.25) is 5.02 Å². The highest BCUT2D eigenvalue weighted by Gasteiger charge is 2.58. The quantitative estimate of drug-likeness (QED) is 0.402. The fraction of sp³-hybridized carbons (Fsp3) is 0.615. The van der Waals surface area contributed by atoms with Crippen molar-refractivity contribution in [2.45, 2.75) is 79.1 Å². The lowest BCUT2D eigenvalue weighted by molar-refractivity contribution is -0.160. The first-order chi connectivity index (χ1) is 14.7. The number of ketones is 4. The van der Waals surface area contributed by atoms with E-state index in [4.69, 9.17) is 11.6 Å². The molecule has 1 aliphatic carbocycles. The molecule has 0 bridgehead atoms. The third-order valence-electron chi connectivity index (χ3n) is 6.43. The summed E-state index contributed by atoms with van der Waals surface area (Å²) in [6, 6.07) is 7.19. The molecule has 2 unspecified atom stereocenters. The van der Waals surface area contributed by atoms with Crippen molar-refractivity contribution in [3.05, 3.63) is 34.9 Å². The van der Waals surface area contributed by atoms with Gasteiger partial charge in [-0.1, -0.05) is 64.3 Å². The van der Waals surface area contributed by atoms with Gasteiger partial charge in [-0.25, -0.2) is 0 Å². The Labute approximate surface area is 191 Å². The maximum Gasteiger partial charge on any atom is 0.164 e. The molecule has 0 aromatic heterocycles. The standard InChI is InChI=1S/C26H35ClO4/c1-5-15-26(16-6-2)24(30)20(13-7-17(3)4)23(29)22(25(26)31)21(28)14-10-18-8-11-19(27)12-9-18/h8-9,11-12,17,20,22H,5-7,10,13-16H2,1-4H3. The summed E-state index contributed by atoms with van der Waals surface area (Å²) in [7, 11) is 0. The lowest BCUT2D eigenvalue weighted by atomic mass is 9.57. The van der Waals surface area contributed by atoms with Gasteiger partial charge in [-0.2, -0.15) is 0 Å². The summed E-state index contributed by atoms with van der Waals surface area (Å²) < 4.78 is 0. The van der Waals surface area contributed by atoms with Crippen LogP contribution in [0, 0.1) is 23.2 Å². The van der Waals surface area contributed by atoms with Gasteiger partial charge in [0.15, 0.2) is 23.1 Å². The SMILES string of the molecule is CCCC1(CCC)C(=O)C(CCC(C)C)C(=O)C(C(=O)CCc2ccc(Cl)cc2)C1=O. The molecule has 1 aromatic rings. The van der Waals surface area contributed by atoms with Crippen molar-refractivity contribution < 1.29 is 19.2 Å². The monoisotopic (exact) mass is 446 g/mol. The zero-order chi connectivity index (χ0) is 23.2. The summed E-state index contributed by atoms with van der Waals surface area (Å²) in [5.41, 5.74) is -0.270. The number of hydrogen-bond acceptors (Lipinski definition) is 4. The van der Waals surface area contributed by atoms with E-state index in [1.807, 2.05) is 39.8 Å². The van der Waals surface area contributed by atoms with E-state index >= 15 is 0 Å². The van der Waals surface area contributed by atoms with E-state index in [9.17, 15) is 19.2 Å². The third kappa shape index (κ3) is 5.71. The van der Waals surface area contributed by atoms with E-state index in [0.717, 1.165) is 12.0 Å². The number of hydrogen-bond donors (Lipinski definition) is 0. The van der Waals surface area contributed by atoms with E-state index in [0.29, 0.717) is 49.5 Å². The molecule has 0 saturated heterocycles. The molecule has 0 aliphatic heterocycles. The molecule has 4 nitrogen and oxygen atoms in total. The molecule has 0 heterocycles. The van der Waals surface area contributed by atoms with E-state index in [-0.39, 0.29) is 18.0 Å². The second-order valence-corrected chi connectivity index (χ2v) is 9.70. The maximum atomic E-state index is 13.5. The van der Waals surface area contributed by atoms with Gasteiger partial charge in [0, 0.05) is 11.4 Å². The van der Waals surface area contributed by atoms with Crippen LogP contribution in [0.3, 0.4) is 0 Å². The Morgan fingerprint density at radius 3 is 2.10 bits per heavy atom. The van der Waals surface area contributed by atoms with E-state index in [1.54, 1.807) is 12.1 Å². The molecule has 31 heavy (non-hydrogen) atoms. The van der Waals surface area contributed by atoms with Gasteiger partial charge in [0.05, 0.1) is 11.3 Å². The van der Waals surface area contributed by atoms with Gasteiger partial charge >= 0.3 is 0 Å². The van der Waals surface area contributed by atoms with Crippen molar-refractivity contribution >= 4 is 34.7 Å². The lowest BCUT2D eigenvalue weighted by Crippen LogP contribution is -2.57. The molecule has 0 N–H and O–H groups in total. The van der Waals surface area contributed by atoms with Crippen LogP contribution in [0.1, 0.15) is 78.2 Å². The molecule has 170 valence electrons. The molecule has 0 radical (unpaired) electrons. The van der Waals surface area contributed by atoms with Gasteiger partial charge in [-0.05, 0) is 55.7 Å². The van der Waals surface area contributed by atoms with Crippen LogP contribution >= 0.6 is 11.6 Å². The molecule has 2 atom stereocenters. The lowest BCUT2D eigenvalue weighted by Gasteiger charge is -2.40. The first-order valence-electron chi connectivity index (χ1n) is 11.6. The average Bonchev–Trinajstić information content (AvgIpc) is 2.72.